The zero-order valence-corrected chi connectivity index (χ0v) is 10.5. The Balaban J connectivity index is 1.84. The van der Waals surface area contributed by atoms with Crippen molar-refractivity contribution in [3.63, 3.8) is 0 Å². The number of hydrogen-bond donors (Lipinski definition) is 2. The summed E-state index contributed by atoms with van der Waals surface area (Å²) in [4.78, 5) is 23.0. The van der Waals surface area contributed by atoms with Crippen molar-refractivity contribution in [2.24, 2.45) is 5.41 Å². The molecule has 0 atom stereocenters. The first-order valence-electron chi connectivity index (χ1n) is 5.62. The summed E-state index contributed by atoms with van der Waals surface area (Å²) in [7, 11) is 0. The Bertz CT molecular complexity index is 448. The highest BCUT2D eigenvalue weighted by molar-refractivity contribution is 7.15. The summed E-state index contributed by atoms with van der Waals surface area (Å²) in [5.74, 6) is -1.16. The Morgan fingerprint density at radius 1 is 1.41 bits per heavy atom. The lowest BCUT2D eigenvalue weighted by Crippen LogP contribution is -2.25. The second-order valence-corrected chi connectivity index (χ2v) is 5.87. The number of carbonyl (C=O) groups excluding carboxylic acids is 1. The van der Waals surface area contributed by atoms with Gasteiger partial charge in [0, 0.05) is 6.54 Å². The molecule has 17 heavy (non-hydrogen) atoms. The topological polar surface area (TPSA) is 66.4 Å². The van der Waals surface area contributed by atoms with E-state index in [2.05, 4.69) is 12.2 Å². The van der Waals surface area contributed by atoms with Crippen molar-refractivity contribution in [1.82, 2.24) is 5.32 Å². The predicted molar refractivity (Wildman–Crippen MR) is 65.6 cm³/mol. The highest BCUT2D eigenvalue weighted by Gasteiger charge is 2.36. The molecule has 1 saturated carbocycles. The number of thiophene rings is 1. The van der Waals surface area contributed by atoms with Crippen molar-refractivity contribution in [2.75, 3.05) is 6.54 Å². The van der Waals surface area contributed by atoms with Crippen molar-refractivity contribution >= 4 is 23.2 Å². The fraction of sp³-hybridized carbons (Fsp3) is 0.500. The third-order valence-electron chi connectivity index (χ3n) is 3.16. The van der Waals surface area contributed by atoms with E-state index in [9.17, 15) is 9.59 Å². The van der Waals surface area contributed by atoms with Crippen molar-refractivity contribution in [3.05, 3.63) is 21.9 Å². The van der Waals surface area contributed by atoms with Crippen LogP contribution in [0.3, 0.4) is 0 Å². The smallest absolute Gasteiger partial charge is 0.345 e. The lowest BCUT2D eigenvalue weighted by molar-refractivity contribution is 0.0702. The molecule has 0 saturated heterocycles. The highest BCUT2D eigenvalue weighted by Crippen LogP contribution is 2.47. The van der Waals surface area contributed by atoms with Crippen LogP contribution < -0.4 is 5.32 Å². The van der Waals surface area contributed by atoms with Gasteiger partial charge in [-0.15, -0.1) is 11.3 Å². The van der Waals surface area contributed by atoms with Gasteiger partial charge in [-0.1, -0.05) is 6.92 Å². The summed E-state index contributed by atoms with van der Waals surface area (Å²) in [6, 6.07) is 3.02. The van der Waals surface area contributed by atoms with Gasteiger partial charge in [-0.2, -0.15) is 0 Å². The molecule has 1 aliphatic carbocycles. The largest absolute Gasteiger partial charge is 0.477 e. The Labute approximate surface area is 104 Å². The van der Waals surface area contributed by atoms with Crippen LogP contribution in [0.15, 0.2) is 12.1 Å². The van der Waals surface area contributed by atoms with Gasteiger partial charge in [0.15, 0.2) is 0 Å². The maximum Gasteiger partial charge on any atom is 0.345 e. The highest BCUT2D eigenvalue weighted by atomic mass is 32.1. The molecule has 2 N–H and O–H groups in total. The third-order valence-corrected chi connectivity index (χ3v) is 4.23. The lowest BCUT2D eigenvalue weighted by Gasteiger charge is -2.08. The van der Waals surface area contributed by atoms with Gasteiger partial charge in [0.25, 0.3) is 5.91 Å². The molecule has 1 aliphatic rings. The first-order valence-corrected chi connectivity index (χ1v) is 6.43. The van der Waals surface area contributed by atoms with Crippen LogP contribution in [-0.2, 0) is 0 Å². The maximum atomic E-state index is 11.7. The number of amides is 1. The average Bonchev–Trinajstić information content (AvgIpc) is 2.83. The van der Waals surface area contributed by atoms with Gasteiger partial charge in [-0.05, 0) is 36.8 Å². The number of hydrogen-bond acceptors (Lipinski definition) is 3. The van der Waals surface area contributed by atoms with Crippen LogP contribution in [0.5, 0.6) is 0 Å². The summed E-state index contributed by atoms with van der Waals surface area (Å²) in [6.07, 6.45) is 3.48. The molecule has 1 aromatic rings. The minimum Gasteiger partial charge on any atom is -0.477 e. The summed E-state index contributed by atoms with van der Waals surface area (Å²) in [5, 5.41) is 11.6. The first kappa shape index (κ1) is 12.1. The summed E-state index contributed by atoms with van der Waals surface area (Å²) in [5.41, 5.74) is 0.426. The Kier molecular flexibility index (Phi) is 3.19. The molecule has 0 aliphatic heterocycles. The monoisotopic (exact) mass is 253 g/mol. The van der Waals surface area contributed by atoms with Crippen LogP contribution in [0.1, 0.15) is 45.5 Å². The van der Waals surface area contributed by atoms with E-state index in [1.54, 1.807) is 6.07 Å². The fourth-order valence-electron chi connectivity index (χ4n) is 1.60. The molecule has 0 spiro atoms. The van der Waals surface area contributed by atoms with Crippen LogP contribution in [-0.4, -0.2) is 23.5 Å². The molecule has 92 valence electrons. The van der Waals surface area contributed by atoms with E-state index in [0.29, 0.717) is 16.8 Å². The van der Waals surface area contributed by atoms with E-state index >= 15 is 0 Å². The van der Waals surface area contributed by atoms with E-state index in [1.165, 1.54) is 18.9 Å². The standard InChI is InChI=1S/C12H15NO3S/c1-12(4-5-12)6-7-13-10(14)8-2-3-9(17-8)11(15)16/h2-3H,4-7H2,1H3,(H,13,14)(H,15,16). The van der Waals surface area contributed by atoms with E-state index in [-0.39, 0.29) is 10.8 Å². The van der Waals surface area contributed by atoms with Crippen LogP contribution in [0.4, 0.5) is 0 Å². The van der Waals surface area contributed by atoms with Gasteiger partial charge in [0.05, 0.1) is 4.88 Å². The second kappa shape index (κ2) is 4.49. The van der Waals surface area contributed by atoms with Crippen LogP contribution in [0.25, 0.3) is 0 Å². The Morgan fingerprint density at radius 3 is 2.59 bits per heavy atom. The average molecular weight is 253 g/mol. The van der Waals surface area contributed by atoms with E-state index in [0.717, 1.165) is 17.8 Å². The number of rotatable bonds is 5. The molecule has 1 fully saturated rings. The minimum atomic E-state index is -0.987. The van der Waals surface area contributed by atoms with Gasteiger partial charge in [0.1, 0.15) is 4.88 Å². The molecule has 1 heterocycles. The normalized spacial score (nSPS) is 16.5. The van der Waals surface area contributed by atoms with Crippen molar-refractivity contribution in [3.8, 4) is 0 Å². The molecule has 4 nitrogen and oxygen atoms in total. The molecule has 0 radical (unpaired) electrons. The van der Waals surface area contributed by atoms with E-state index in [1.807, 2.05) is 0 Å². The molecular formula is C12H15NO3S. The van der Waals surface area contributed by atoms with Crippen LogP contribution in [0, 0.1) is 5.41 Å². The number of nitrogens with one attached hydrogen (secondary N) is 1. The van der Waals surface area contributed by atoms with Gasteiger partial charge in [-0.3, -0.25) is 4.79 Å². The van der Waals surface area contributed by atoms with Crippen molar-refractivity contribution in [2.45, 2.75) is 26.2 Å². The summed E-state index contributed by atoms with van der Waals surface area (Å²) < 4.78 is 0. The van der Waals surface area contributed by atoms with Crippen LogP contribution in [0.2, 0.25) is 0 Å². The minimum absolute atomic E-state index is 0.174. The zero-order chi connectivity index (χ0) is 12.5. The van der Waals surface area contributed by atoms with Gasteiger partial charge < -0.3 is 10.4 Å². The molecule has 0 unspecified atom stereocenters. The van der Waals surface area contributed by atoms with Crippen LogP contribution >= 0.6 is 11.3 Å². The molecule has 0 bridgehead atoms. The molecule has 1 amide bonds. The number of aromatic carboxylic acids is 1. The number of carboxylic acid groups (broad SMARTS) is 1. The quantitative estimate of drug-likeness (QED) is 0.846. The van der Waals surface area contributed by atoms with E-state index in [4.69, 9.17) is 5.11 Å². The maximum absolute atomic E-state index is 11.7. The Hall–Kier alpha value is -1.36. The van der Waals surface area contributed by atoms with Crippen molar-refractivity contribution in [1.29, 1.82) is 0 Å². The zero-order valence-electron chi connectivity index (χ0n) is 9.66. The van der Waals surface area contributed by atoms with E-state index < -0.39 is 5.97 Å². The fourth-order valence-corrected chi connectivity index (χ4v) is 2.36. The van der Waals surface area contributed by atoms with Gasteiger partial charge in [0.2, 0.25) is 0 Å². The SMILES string of the molecule is CC1(CCNC(=O)c2ccc(C(=O)O)s2)CC1. The molecule has 2 rings (SSSR count). The summed E-state index contributed by atoms with van der Waals surface area (Å²) >= 11 is 1.01. The molecule has 5 heteroatoms. The number of carbonyl (C=O) groups is 2. The molecule has 1 aromatic heterocycles. The van der Waals surface area contributed by atoms with Crippen molar-refractivity contribution < 1.29 is 14.7 Å². The predicted octanol–water partition coefficient (Wildman–Crippen LogP) is 2.37. The third kappa shape index (κ3) is 3.06. The lowest BCUT2D eigenvalue weighted by atomic mass is 10.1. The molecule has 0 aromatic carbocycles. The molecular weight excluding hydrogens is 238 g/mol. The van der Waals surface area contributed by atoms with Gasteiger partial charge in [-0.25, -0.2) is 4.79 Å². The van der Waals surface area contributed by atoms with Gasteiger partial charge >= 0.3 is 5.97 Å². The summed E-state index contributed by atoms with van der Waals surface area (Å²) in [6.45, 7) is 2.88. The number of carboxylic acids is 1. The Morgan fingerprint density at radius 2 is 2.06 bits per heavy atom. The first-order chi connectivity index (χ1) is 8.00. The second-order valence-electron chi connectivity index (χ2n) is 4.79.